The van der Waals surface area contributed by atoms with Gasteiger partial charge in [-0.2, -0.15) is 0 Å². The van der Waals surface area contributed by atoms with E-state index in [4.69, 9.17) is 0 Å². The summed E-state index contributed by atoms with van der Waals surface area (Å²) in [4.78, 5) is 0. The molecule has 0 saturated heterocycles. The number of hydrogen-bond donors (Lipinski definition) is 1. The normalized spacial score (nSPS) is 29.2. The molecule has 1 aliphatic carbocycles. The Balaban J connectivity index is 2.01. The largest absolute Gasteiger partial charge is 0.393 e. The topological polar surface area (TPSA) is 20.2 Å². The molecule has 1 aliphatic rings. The third-order valence-electron chi connectivity index (χ3n) is 4.02. The molecule has 0 aliphatic heterocycles. The lowest BCUT2D eigenvalue weighted by Gasteiger charge is -2.33. The first-order chi connectivity index (χ1) is 8.19. The molecule has 3 atom stereocenters. The van der Waals surface area contributed by atoms with Gasteiger partial charge in [-0.05, 0) is 55.2 Å². The summed E-state index contributed by atoms with van der Waals surface area (Å²) in [6.07, 6.45) is 4.90. The zero-order valence-corrected chi connectivity index (χ0v) is 10.4. The maximum Gasteiger partial charge on any atom is 0.123 e. The van der Waals surface area contributed by atoms with E-state index < -0.39 is 0 Å². The summed E-state index contributed by atoms with van der Waals surface area (Å²) in [6, 6.07) is 6.75. The maximum absolute atomic E-state index is 13.1. The van der Waals surface area contributed by atoms with E-state index in [-0.39, 0.29) is 11.9 Å². The fraction of sp³-hybridized carbons (Fsp3) is 0.600. The molecule has 1 aromatic rings. The van der Waals surface area contributed by atoms with E-state index in [0.717, 1.165) is 37.2 Å². The van der Waals surface area contributed by atoms with Gasteiger partial charge in [-0.25, -0.2) is 4.39 Å². The highest BCUT2D eigenvalue weighted by atomic mass is 19.1. The summed E-state index contributed by atoms with van der Waals surface area (Å²) in [5, 5.41) is 10.0. The van der Waals surface area contributed by atoms with E-state index >= 15 is 0 Å². The minimum atomic E-state index is -0.207. The molecule has 0 bridgehead atoms. The number of hydrogen-bond acceptors (Lipinski definition) is 1. The molecule has 1 nitrogen and oxygen atoms in total. The second kappa shape index (κ2) is 5.63. The quantitative estimate of drug-likeness (QED) is 0.850. The van der Waals surface area contributed by atoms with Crippen LogP contribution in [0.4, 0.5) is 4.39 Å². The van der Waals surface area contributed by atoms with Crippen molar-refractivity contribution in [3.05, 3.63) is 35.6 Å². The molecule has 1 saturated carbocycles. The highest BCUT2D eigenvalue weighted by molar-refractivity contribution is 5.17. The van der Waals surface area contributed by atoms with E-state index in [1.807, 2.05) is 6.07 Å². The number of benzene rings is 1. The van der Waals surface area contributed by atoms with E-state index in [1.165, 1.54) is 12.5 Å². The lowest BCUT2D eigenvalue weighted by molar-refractivity contribution is 0.0474. The van der Waals surface area contributed by atoms with Crippen LogP contribution in [-0.2, 0) is 6.42 Å². The molecule has 17 heavy (non-hydrogen) atoms. The zero-order valence-electron chi connectivity index (χ0n) is 10.4. The Bertz CT molecular complexity index is 364. The van der Waals surface area contributed by atoms with Crippen molar-refractivity contribution in [1.82, 2.24) is 0 Å². The van der Waals surface area contributed by atoms with Crippen LogP contribution < -0.4 is 0 Å². The van der Waals surface area contributed by atoms with Crippen LogP contribution in [0.15, 0.2) is 24.3 Å². The van der Waals surface area contributed by atoms with E-state index in [1.54, 1.807) is 12.1 Å². The highest BCUT2D eigenvalue weighted by Gasteiger charge is 2.28. The molecule has 0 amide bonds. The van der Waals surface area contributed by atoms with Crippen LogP contribution in [0.3, 0.4) is 0 Å². The summed E-state index contributed by atoms with van der Waals surface area (Å²) in [5.41, 5.74) is 1.01. The Morgan fingerprint density at radius 2 is 2.18 bits per heavy atom. The monoisotopic (exact) mass is 236 g/mol. The lowest BCUT2D eigenvalue weighted by Crippen LogP contribution is -2.30. The SMILES string of the molecule is CCC1CCC(O)C(Cc2cccc(F)c2)C1. The van der Waals surface area contributed by atoms with Crippen molar-refractivity contribution in [3.63, 3.8) is 0 Å². The standard InChI is InChI=1S/C15H21FO/c1-2-11-6-7-15(17)13(8-11)9-12-4-3-5-14(16)10-12/h3-5,10-11,13,15,17H,2,6-9H2,1H3. The Kier molecular flexibility index (Phi) is 4.16. The van der Waals surface area contributed by atoms with Gasteiger partial charge in [0.05, 0.1) is 6.10 Å². The molecule has 0 spiro atoms. The van der Waals surface area contributed by atoms with Crippen molar-refractivity contribution >= 4 is 0 Å². The molecule has 94 valence electrons. The van der Waals surface area contributed by atoms with Gasteiger partial charge in [-0.1, -0.05) is 25.5 Å². The molecule has 0 heterocycles. The van der Waals surface area contributed by atoms with Crippen molar-refractivity contribution in [2.24, 2.45) is 11.8 Å². The van der Waals surface area contributed by atoms with E-state index in [0.29, 0.717) is 5.92 Å². The van der Waals surface area contributed by atoms with Crippen molar-refractivity contribution in [1.29, 1.82) is 0 Å². The van der Waals surface area contributed by atoms with Gasteiger partial charge in [0, 0.05) is 0 Å². The van der Waals surface area contributed by atoms with Crippen molar-refractivity contribution in [2.75, 3.05) is 0 Å². The van der Waals surface area contributed by atoms with Gasteiger partial charge in [0.2, 0.25) is 0 Å². The first-order valence-electron chi connectivity index (χ1n) is 6.61. The zero-order chi connectivity index (χ0) is 12.3. The third kappa shape index (κ3) is 3.29. The lowest BCUT2D eigenvalue weighted by atomic mass is 9.76. The molecule has 2 rings (SSSR count). The third-order valence-corrected chi connectivity index (χ3v) is 4.02. The van der Waals surface area contributed by atoms with Gasteiger partial charge in [-0.3, -0.25) is 0 Å². The first-order valence-corrected chi connectivity index (χ1v) is 6.61. The molecular formula is C15H21FO. The van der Waals surface area contributed by atoms with Crippen LogP contribution in [0, 0.1) is 17.7 Å². The number of halogens is 1. The molecule has 0 radical (unpaired) electrons. The molecular weight excluding hydrogens is 215 g/mol. The summed E-state index contributed by atoms with van der Waals surface area (Å²) in [5.74, 6) is 0.854. The predicted octanol–water partition coefficient (Wildman–Crippen LogP) is 3.56. The smallest absolute Gasteiger partial charge is 0.123 e. The van der Waals surface area contributed by atoms with E-state index in [9.17, 15) is 9.50 Å². The maximum atomic E-state index is 13.1. The predicted molar refractivity (Wildman–Crippen MR) is 67.2 cm³/mol. The van der Waals surface area contributed by atoms with E-state index in [2.05, 4.69) is 6.92 Å². The molecule has 3 unspecified atom stereocenters. The van der Waals surface area contributed by atoms with Crippen LogP contribution in [0.2, 0.25) is 0 Å². The average molecular weight is 236 g/mol. The van der Waals surface area contributed by atoms with Crippen LogP contribution >= 0.6 is 0 Å². The number of rotatable bonds is 3. The fourth-order valence-corrected chi connectivity index (χ4v) is 2.90. The van der Waals surface area contributed by atoms with Crippen LogP contribution in [0.25, 0.3) is 0 Å². The second-order valence-corrected chi connectivity index (χ2v) is 5.25. The van der Waals surface area contributed by atoms with Crippen LogP contribution in [-0.4, -0.2) is 11.2 Å². The van der Waals surface area contributed by atoms with Crippen molar-refractivity contribution in [2.45, 2.75) is 45.1 Å². The Labute approximate surface area is 103 Å². The summed E-state index contributed by atoms with van der Waals surface area (Å²) in [7, 11) is 0. The van der Waals surface area contributed by atoms with Crippen molar-refractivity contribution in [3.8, 4) is 0 Å². The minimum absolute atomic E-state index is 0.181. The second-order valence-electron chi connectivity index (χ2n) is 5.25. The Morgan fingerprint density at radius 3 is 2.88 bits per heavy atom. The minimum Gasteiger partial charge on any atom is -0.393 e. The molecule has 2 heteroatoms. The van der Waals surface area contributed by atoms with Crippen LogP contribution in [0.5, 0.6) is 0 Å². The molecule has 1 fully saturated rings. The van der Waals surface area contributed by atoms with Crippen molar-refractivity contribution < 1.29 is 9.50 Å². The molecule has 0 aromatic heterocycles. The van der Waals surface area contributed by atoms with Gasteiger partial charge < -0.3 is 5.11 Å². The highest BCUT2D eigenvalue weighted by Crippen LogP contribution is 2.33. The molecule has 1 aromatic carbocycles. The molecule has 1 N–H and O–H groups in total. The van der Waals surface area contributed by atoms with Gasteiger partial charge >= 0.3 is 0 Å². The van der Waals surface area contributed by atoms with Gasteiger partial charge in [0.1, 0.15) is 5.82 Å². The average Bonchev–Trinajstić information content (AvgIpc) is 2.32. The summed E-state index contributed by atoms with van der Waals surface area (Å²) < 4.78 is 13.1. The Hall–Kier alpha value is -0.890. The number of aliphatic hydroxyl groups excluding tert-OH is 1. The summed E-state index contributed by atoms with van der Waals surface area (Å²) >= 11 is 0. The number of aliphatic hydroxyl groups is 1. The van der Waals surface area contributed by atoms with Crippen LogP contribution in [0.1, 0.15) is 38.2 Å². The van der Waals surface area contributed by atoms with Gasteiger partial charge in [0.15, 0.2) is 0 Å². The summed E-state index contributed by atoms with van der Waals surface area (Å²) in [6.45, 7) is 2.21. The van der Waals surface area contributed by atoms with Gasteiger partial charge in [-0.15, -0.1) is 0 Å². The first kappa shape index (κ1) is 12.6. The fourth-order valence-electron chi connectivity index (χ4n) is 2.90. The van der Waals surface area contributed by atoms with Gasteiger partial charge in [0.25, 0.3) is 0 Å². The Morgan fingerprint density at radius 1 is 1.35 bits per heavy atom.